The summed E-state index contributed by atoms with van der Waals surface area (Å²) in [6.07, 6.45) is 0.132. The molecule has 1 amide bonds. The van der Waals surface area contributed by atoms with Crippen molar-refractivity contribution < 1.29 is 23.8 Å². The van der Waals surface area contributed by atoms with Gasteiger partial charge in [-0.25, -0.2) is 4.79 Å². The molecule has 6 nitrogen and oxygen atoms in total. The molecule has 0 spiro atoms. The molecule has 2 rings (SSSR count). The first kappa shape index (κ1) is 17.3. The number of ether oxygens (including phenoxy) is 3. The monoisotopic (exact) mass is 329 g/mol. The van der Waals surface area contributed by atoms with Crippen LogP contribution in [0.3, 0.4) is 0 Å². The summed E-state index contributed by atoms with van der Waals surface area (Å²) in [5.74, 6) is 0.411. The Hall–Kier alpha value is -3.02. The van der Waals surface area contributed by atoms with E-state index in [1.54, 1.807) is 43.5 Å². The molecule has 0 unspecified atom stereocenters. The molecule has 0 aliphatic rings. The maximum atomic E-state index is 12.0. The Morgan fingerprint density at radius 1 is 0.958 bits per heavy atom. The maximum Gasteiger partial charge on any atom is 0.339 e. The number of rotatable bonds is 7. The van der Waals surface area contributed by atoms with Crippen molar-refractivity contribution in [3.8, 4) is 11.5 Å². The lowest BCUT2D eigenvalue weighted by Crippen LogP contribution is -2.17. The Bertz CT molecular complexity index is 714. The van der Waals surface area contributed by atoms with Gasteiger partial charge in [-0.15, -0.1) is 0 Å². The van der Waals surface area contributed by atoms with E-state index in [0.29, 0.717) is 22.7 Å². The third-order valence-corrected chi connectivity index (χ3v) is 3.26. The van der Waals surface area contributed by atoms with Gasteiger partial charge in [0.05, 0.1) is 38.5 Å². The fourth-order valence-electron chi connectivity index (χ4n) is 2.08. The van der Waals surface area contributed by atoms with Crippen molar-refractivity contribution in [2.45, 2.75) is 6.42 Å². The summed E-state index contributed by atoms with van der Waals surface area (Å²) >= 11 is 0. The van der Waals surface area contributed by atoms with Crippen molar-refractivity contribution in [2.75, 3.05) is 26.1 Å². The molecule has 2 aromatic rings. The summed E-state index contributed by atoms with van der Waals surface area (Å²) in [6, 6.07) is 13.9. The highest BCUT2D eigenvalue weighted by Crippen LogP contribution is 2.25. The molecular weight excluding hydrogens is 310 g/mol. The molecule has 6 heteroatoms. The molecule has 0 fully saturated rings. The normalized spacial score (nSPS) is 9.92. The largest absolute Gasteiger partial charge is 0.493 e. The SMILES string of the molecule is COC(=O)c1ccccc1NC(=O)CCOc1ccccc1OC. The van der Waals surface area contributed by atoms with Crippen LogP contribution in [0, 0.1) is 0 Å². The lowest BCUT2D eigenvalue weighted by molar-refractivity contribution is -0.116. The number of para-hydroxylation sites is 3. The molecule has 0 saturated heterocycles. The Morgan fingerprint density at radius 2 is 1.62 bits per heavy atom. The number of hydrogen-bond donors (Lipinski definition) is 1. The number of hydrogen-bond acceptors (Lipinski definition) is 5. The highest BCUT2D eigenvalue weighted by molar-refractivity contribution is 6.01. The molecule has 126 valence electrons. The number of anilines is 1. The molecule has 0 radical (unpaired) electrons. The van der Waals surface area contributed by atoms with Crippen LogP contribution in [0.1, 0.15) is 16.8 Å². The second-order valence-corrected chi connectivity index (χ2v) is 4.83. The van der Waals surface area contributed by atoms with E-state index >= 15 is 0 Å². The Labute approximate surface area is 140 Å². The molecule has 0 bridgehead atoms. The zero-order valence-corrected chi connectivity index (χ0v) is 13.6. The van der Waals surface area contributed by atoms with Gasteiger partial charge in [-0.05, 0) is 24.3 Å². The predicted octanol–water partition coefficient (Wildman–Crippen LogP) is 2.89. The van der Waals surface area contributed by atoms with Crippen molar-refractivity contribution in [3.05, 3.63) is 54.1 Å². The van der Waals surface area contributed by atoms with Crippen LogP contribution in [0.25, 0.3) is 0 Å². The lowest BCUT2D eigenvalue weighted by atomic mass is 10.1. The predicted molar refractivity (Wildman–Crippen MR) is 89.5 cm³/mol. The fraction of sp³-hybridized carbons (Fsp3) is 0.222. The first-order valence-corrected chi connectivity index (χ1v) is 7.38. The highest BCUT2D eigenvalue weighted by Gasteiger charge is 2.13. The van der Waals surface area contributed by atoms with E-state index in [9.17, 15) is 9.59 Å². The zero-order valence-electron chi connectivity index (χ0n) is 13.6. The fourth-order valence-corrected chi connectivity index (χ4v) is 2.08. The van der Waals surface area contributed by atoms with E-state index in [1.807, 2.05) is 12.1 Å². The number of carbonyl (C=O) groups excluding carboxylic acids is 2. The van der Waals surface area contributed by atoms with E-state index in [2.05, 4.69) is 5.32 Å². The van der Waals surface area contributed by atoms with Crippen LogP contribution < -0.4 is 14.8 Å². The lowest BCUT2D eigenvalue weighted by Gasteiger charge is -2.11. The molecule has 0 aromatic heterocycles. The molecule has 2 aromatic carbocycles. The van der Waals surface area contributed by atoms with Gasteiger partial charge in [0, 0.05) is 0 Å². The molecular formula is C18H19NO5. The minimum atomic E-state index is -0.504. The van der Waals surface area contributed by atoms with Crippen LogP contribution in [0.5, 0.6) is 11.5 Å². The second kappa shape index (κ2) is 8.57. The number of methoxy groups -OCH3 is 2. The van der Waals surface area contributed by atoms with E-state index in [0.717, 1.165) is 0 Å². The molecule has 24 heavy (non-hydrogen) atoms. The smallest absolute Gasteiger partial charge is 0.339 e. The van der Waals surface area contributed by atoms with E-state index < -0.39 is 5.97 Å². The Balaban J connectivity index is 1.91. The van der Waals surface area contributed by atoms with Crippen molar-refractivity contribution >= 4 is 17.6 Å². The summed E-state index contributed by atoms with van der Waals surface area (Å²) in [5, 5.41) is 2.69. The van der Waals surface area contributed by atoms with E-state index in [-0.39, 0.29) is 18.9 Å². The quantitative estimate of drug-likeness (QED) is 0.791. The van der Waals surface area contributed by atoms with Crippen molar-refractivity contribution in [1.29, 1.82) is 0 Å². The van der Waals surface area contributed by atoms with Gasteiger partial charge in [0.25, 0.3) is 0 Å². The van der Waals surface area contributed by atoms with Crippen LogP contribution in [0.2, 0.25) is 0 Å². The summed E-state index contributed by atoms with van der Waals surface area (Å²) in [6.45, 7) is 0.187. The molecule has 0 aliphatic heterocycles. The van der Waals surface area contributed by atoms with Crippen molar-refractivity contribution in [1.82, 2.24) is 0 Å². The summed E-state index contributed by atoms with van der Waals surface area (Å²) in [5.41, 5.74) is 0.714. The van der Waals surface area contributed by atoms with E-state index in [4.69, 9.17) is 14.2 Å². The maximum absolute atomic E-state index is 12.0. The first-order valence-electron chi connectivity index (χ1n) is 7.38. The summed E-state index contributed by atoms with van der Waals surface area (Å²) in [4.78, 5) is 23.7. The summed E-state index contributed by atoms with van der Waals surface area (Å²) in [7, 11) is 2.85. The van der Waals surface area contributed by atoms with Crippen LogP contribution >= 0.6 is 0 Å². The molecule has 0 atom stereocenters. The van der Waals surface area contributed by atoms with E-state index in [1.165, 1.54) is 7.11 Å². The Morgan fingerprint density at radius 3 is 2.33 bits per heavy atom. The van der Waals surface area contributed by atoms with Gasteiger partial charge in [0.2, 0.25) is 5.91 Å². The average Bonchev–Trinajstić information content (AvgIpc) is 2.62. The van der Waals surface area contributed by atoms with Crippen LogP contribution in [-0.2, 0) is 9.53 Å². The molecule has 1 N–H and O–H groups in total. The van der Waals surface area contributed by atoms with Gasteiger partial charge in [-0.1, -0.05) is 24.3 Å². The van der Waals surface area contributed by atoms with Gasteiger partial charge in [0.15, 0.2) is 11.5 Å². The molecule has 0 heterocycles. The first-order chi connectivity index (χ1) is 11.7. The number of amides is 1. The number of benzene rings is 2. The van der Waals surface area contributed by atoms with Crippen LogP contribution in [-0.4, -0.2) is 32.7 Å². The number of carbonyl (C=O) groups is 2. The minimum Gasteiger partial charge on any atom is -0.493 e. The van der Waals surface area contributed by atoms with Crippen molar-refractivity contribution in [3.63, 3.8) is 0 Å². The van der Waals surface area contributed by atoms with Gasteiger partial charge >= 0.3 is 5.97 Å². The van der Waals surface area contributed by atoms with Gasteiger partial charge in [0.1, 0.15) is 0 Å². The Kier molecular flexibility index (Phi) is 6.19. The second-order valence-electron chi connectivity index (χ2n) is 4.83. The van der Waals surface area contributed by atoms with Gasteiger partial charge in [-0.3, -0.25) is 4.79 Å². The molecule has 0 aliphatic carbocycles. The van der Waals surface area contributed by atoms with Gasteiger partial charge < -0.3 is 19.5 Å². The zero-order chi connectivity index (χ0) is 17.4. The summed E-state index contributed by atoms with van der Waals surface area (Å²) < 4.78 is 15.4. The topological polar surface area (TPSA) is 73.9 Å². The number of nitrogens with one attached hydrogen (secondary N) is 1. The van der Waals surface area contributed by atoms with Crippen LogP contribution in [0.4, 0.5) is 5.69 Å². The van der Waals surface area contributed by atoms with Crippen molar-refractivity contribution in [2.24, 2.45) is 0 Å². The van der Waals surface area contributed by atoms with Crippen LogP contribution in [0.15, 0.2) is 48.5 Å². The third kappa shape index (κ3) is 4.49. The minimum absolute atomic E-state index is 0.132. The molecule has 0 saturated carbocycles. The van der Waals surface area contributed by atoms with Gasteiger partial charge in [-0.2, -0.15) is 0 Å². The standard InChI is InChI=1S/C18H19NO5/c1-22-15-9-5-6-10-16(15)24-12-11-17(20)19-14-8-4-3-7-13(14)18(21)23-2/h3-10H,11-12H2,1-2H3,(H,19,20). The highest BCUT2D eigenvalue weighted by atomic mass is 16.5. The number of esters is 1. The average molecular weight is 329 g/mol. The third-order valence-electron chi connectivity index (χ3n) is 3.26.